The Morgan fingerprint density at radius 2 is 1.77 bits per heavy atom. The van der Waals surface area contributed by atoms with Gasteiger partial charge in [-0.3, -0.25) is 4.79 Å². The molecule has 0 radical (unpaired) electrons. The number of ether oxygens (including phenoxy) is 3. The molecule has 0 saturated carbocycles. The van der Waals surface area contributed by atoms with Gasteiger partial charge in [-0.15, -0.1) is 0 Å². The Labute approximate surface area is 181 Å². The second-order valence-electron chi connectivity index (χ2n) is 6.98. The smallest absolute Gasteiger partial charge is 0.252 e. The summed E-state index contributed by atoms with van der Waals surface area (Å²) >= 11 is 0. The predicted molar refractivity (Wildman–Crippen MR) is 113 cm³/mol. The third kappa shape index (κ3) is 4.93. The molecule has 2 aliphatic heterocycles. The van der Waals surface area contributed by atoms with Crippen LogP contribution in [0.4, 0.5) is 0 Å². The van der Waals surface area contributed by atoms with Gasteiger partial charge in [0.05, 0.1) is 11.4 Å². The van der Waals surface area contributed by atoms with Crippen LogP contribution in [0.15, 0.2) is 47.4 Å². The van der Waals surface area contributed by atoms with Crippen LogP contribution in [0.3, 0.4) is 0 Å². The van der Waals surface area contributed by atoms with Gasteiger partial charge < -0.3 is 19.5 Å². The molecule has 1 saturated heterocycles. The Balaban J connectivity index is 1.24. The zero-order valence-electron chi connectivity index (χ0n) is 16.8. The molecular weight excluding hydrogens is 420 g/mol. The van der Waals surface area contributed by atoms with Gasteiger partial charge in [-0.1, -0.05) is 11.8 Å². The molecule has 162 valence electrons. The third-order valence-corrected chi connectivity index (χ3v) is 6.85. The average molecular weight is 442 g/mol. The van der Waals surface area contributed by atoms with Crippen LogP contribution >= 0.6 is 0 Å². The van der Waals surface area contributed by atoms with Crippen molar-refractivity contribution in [3.63, 3.8) is 0 Å². The number of fused-ring (bicyclic) bond motifs is 1. The van der Waals surface area contributed by atoms with E-state index in [9.17, 15) is 13.2 Å². The van der Waals surface area contributed by atoms with Gasteiger partial charge in [-0.25, -0.2) is 8.42 Å². The summed E-state index contributed by atoms with van der Waals surface area (Å²) in [5, 5.41) is 2.68. The first kappa shape index (κ1) is 21.0. The zero-order chi connectivity index (χ0) is 21.7. The van der Waals surface area contributed by atoms with Gasteiger partial charge in [0.15, 0.2) is 11.5 Å². The van der Waals surface area contributed by atoms with Gasteiger partial charge in [0.2, 0.25) is 16.8 Å². The number of hydrogen-bond acceptors (Lipinski definition) is 6. The van der Waals surface area contributed by atoms with Crippen molar-refractivity contribution in [1.82, 2.24) is 9.62 Å². The fourth-order valence-corrected chi connectivity index (χ4v) is 4.80. The first-order valence-electron chi connectivity index (χ1n) is 9.91. The molecule has 8 nitrogen and oxygen atoms in total. The lowest BCUT2D eigenvalue weighted by molar-refractivity contribution is 0.0958. The van der Waals surface area contributed by atoms with Gasteiger partial charge in [0.1, 0.15) is 12.4 Å². The zero-order valence-corrected chi connectivity index (χ0v) is 17.6. The number of rotatable bonds is 6. The minimum Gasteiger partial charge on any atom is -0.481 e. The molecule has 2 heterocycles. The SMILES string of the molecule is O=C(NCC#CCOc1ccc2c(c1)OCO2)c1ccc(S(=O)(=O)N2CCCC2)cc1. The standard InChI is InChI=1S/C22H22N2O6S/c25-22(17-5-8-19(9-6-17)31(26,27)24-12-2-3-13-24)23-11-1-4-14-28-18-7-10-20-21(15-18)30-16-29-20/h5-10,15H,2-3,11-14,16H2,(H,23,25). The maximum absolute atomic E-state index is 12.5. The van der Waals surface area contributed by atoms with Gasteiger partial charge in [-0.2, -0.15) is 4.31 Å². The molecule has 0 spiro atoms. The minimum absolute atomic E-state index is 0.150. The Kier molecular flexibility index (Phi) is 6.30. The molecule has 1 amide bonds. The van der Waals surface area contributed by atoms with Crippen molar-refractivity contribution < 1.29 is 27.4 Å². The molecule has 0 bridgehead atoms. The van der Waals surface area contributed by atoms with E-state index in [0.717, 1.165) is 12.8 Å². The molecule has 31 heavy (non-hydrogen) atoms. The fourth-order valence-electron chi connectivity index (χ4n) is 3.28. The maximum atomic E-state index is 12.5. The van der Waals surface area contributed by atoms with Crippen molar-refractivity contribution in [2.45, 2.75) is 17.7 Å². The van der Waals surface area contributed by atoms with E-state index in [1.807, 2.05) is 0 Å². The number of nitrogens with zero attached hydrogens (tertiary/aromatic N) is 1. The van der Waals surface area contributed by atoms with Crippen molar-refractivity contribution in [3.05, 3.63) is 48.0 Å². The summed E-state index contributed by atoms with van der Waals surface area (Å²) in [5.41, 5.74) is 0.374. The van der Waals surface area contributed by atoms with Crippen molar-refractivity contribution in [3.8, 4) is 29.1 Å². The topological polar surface area (TPSA) is 94.2 Å². The largest absolute Gasteiger partial charge is 0.481 e. The van der Waals surface area contributed by atoms with Crippen LogP contribution < -0.4 is 19.5 Å². The van der Waals surface area contributed by atoms with Gasteiger partial charge in [-0.05, 0) is 49.2 Å². The first-order chi connectivity index (χ1) is 15.0. The normalized spacial score (nSPS) is 15.2. The van der Waals surface area contributed by atoms with E-state index in [1.165, 1.54) is 28.6 Å². The lowest BCUT2D eigenvalue weighted by Gasteiger charge is -2.15. The summed E-state index contributed by atoms with van der Waals surface area (Å²) in [6, 6.07) is 11.2. The monoisotopic (exact) mass is 442 g/mol. The van der Waals surface area contributed by atoms with E-state index >= 15 is 0 Å². The molecule has 1 N–H and O–H groups in total. The highest BCUT2D eigenvalue weighted by Crippen LogP contribution is 2.35. The van der Waals surface area contributed by atoms with Crippen LogP contribution in [-0.4, -0.2) is 51.7 Å². The number of benzene rings is 2. The van der Waals surface area contributed by atoms with Gasteiger partial charge >= 0.3 is 0 Å². The molecule has 0 aliphatic carbocycles. The summed E-state index contributed by atoms with van der Waals surface area (Å²) in [6.45, 7) is 1.61. The first-order valence-corrected chi connectivity index (χ1v) is 11.3. The number of amides is 1. The van der Waals surface area contributed by atoms with Crippen molar-refractivity contribution in [2.75, 3.05) is 33.0 Å². The van der Waals surface area contributed by atoms with Crippen molar-refractivity contribution in [1.29, 1.82) is 0 Å². The van der Waals surface area contributed by atoms with Crippen molar-refractivity contribution >= 4 is 15.9 Å². The Morgan fingerprint density at radius 1 is 1.03 bits per heavy atom. The molecule has 9 heteroatoms. The highest BCUT2D eigenvalue weighted by Gasteiger charge is 2.27. The predicted octanol–water partition coefficient (Wildman–Crippen LogP) is 2.01. The molecule has 4 rings (SSSR count). The highest BCUT2D eigenvalue weighted by molar-refractivity contribution is 7.89. The molecule has 1 fully saturated rings. The fraction of sp³-hybridized carbons (Fsp3) is 0.318. The number of sulfonamides is 1. The molecule has 2 aromatic carbocycles. The van der Waals surface area contributed by atoms with Gasteiger partial charge in [0.25, 0.3) is 5.91 Å². The second kappa shape index (κ2) is 9.29. The van der Waals surface area contributed by atoms with Gasteiger partial charge in [0, 0.05) is 24.7 Å². The molecular formula is C22H22N2O6S. The number of nitrogens with one attached hydrogen (secondary N) is 1. The van der Waals surface area contributed by atoms with Crippen LogP contribution in [0, 0.1) is 11.8 Å². The minimum atomic E-state index is -3.48. The summed E-state index contributed by atoms with van der Waals surface area (Å²) in [4.78, 5) is 12.4. The molecule has 0 unspecified atom stereocenters. The lowest BCUT2D eigenvalue weighted by Crippen LogP contribution is -2.28. The highest BCUT2D eigenvalue weighted by atomic mass is 32.2. The molecule has 0 aromatic heterocycles. The van der Waals surface area contributed by atoms with E-state index in [1.54, 1.807) is 18.2 Å². The number of carbonyl (C=O) groups excluding carboxylic acids is 1. The molecule has 2 aromatic rings. The Bertz CT molecular complexity index is 1110. The summed E-state index contributed by atoms with van der Waals surface area (Å²) in [6.07, 6.45) is 1.75. The summed E-state index contributed by atoms with van der Waals surface area (Å²) in [7, 11) is -3.48. The van der Waals surface area contributed by atoms with Crippen LogP contribution in [0.1, 0.15) is 23.2 Å². The summed E-state index contributed by atoms with van der Waals surface area (Å²) in [5.74, 6) is 7.25. The van der Waals surface area contributed by atoms with Crippen molar-refractivity contribution in [2.24, 2.45) is 0 Å². The van der Waals surface area contributed by atoms with E-state index in [-0.39, 0.29) is 30.7 Å². The molecule has 0 atom stereocenters. The average Bonchev–Trinajstić information content (AvgIpc) is 3.48. The van der Waals surface area contributed by atoms with E-state index in [4.69, 9.17) is 14.2 Å². The van der Waals surface area contributed by atoms with E-state index in [0.29, 0.717) is 35.9 Å². The number of carbonyl (C=O) groups is 1. The summed E-state index contributed by atoms with van der Waals surface area (Å²) < 4.78 is 42.6. The van der Waals surface area contributed by atoms with Crippen LogP contribution in [0.2, 0.25) is 0 Å². The Hall–Kier alpha value is -3.22. The van der Waals surface area contributed by atoms with Crippen LogP contribution in [0.5, 0.6) is 17.2 Å². The lowest BCUT2D eigenvalue weighted by atomic mass is 10.2. The van der Waals surface area contributed by atoms with E-state index < -0.39 is 10.0 Å². The second-order valence-corrected chi connectivity index (χ2v) is 8.91. The van der Waals surface area contributed by atoms with E-state index in [2.05, 4.69) is 17.2 Å². The van der Waals surface area contributed by atoms with Crippen LogP contribution in [0.25, 0.3) is 0 Å². The quantitative estimate of drug-likeness (QED) is 0.688. The van der Waals surface area contributed by atoms with Crippen LogP contribution in [-0.2, 0) is 10.0 Å². The third-order valence-electron chi connectivity index (χ3n) is 4.94. The Morgan fingerprint density at radius 3 is 2.55 bits per heavy atom. The molecule has 2 aliphatic rings. The maximum Gasteiger partial charge on any atom is 0.252 e. The number of hydrogen-bond donors (Lipinski definition) is 1.